The summed E-state index contributed by atoms with van der Waals surface area (Å²) >= 11 is 0. The van der Waals surface area contributed by atoms with Gasteiger partial charge in [-0.25, -0.2) is 0 Å². The van der Waals surface area contributed by atoms with Gasteiger partial charge in [0.15, 0.2) is 0 Å². The van der Waals surface area contributed by atoms with Gasteiger partial charge in [-0.2, -0.15) is 0 Å². The average Bonchev–Trinajstić information content (AvgIpc) is 1.89. The Balaban J connectivity index is 2.90. The van der Waals surface area contributed by atoms with Gasteiger partial charge < -0.3 is 0 Å². The third-order valence-electron chi connectivity index (χ3n) is 0.908. The molecule has 3 nitrogen and oxygen atoms in total. The zero-order valence-electron chi connectivity index (χ0n) is 5.42. The summed E-state index contributed by atoms with van der Waals surface area (Å²) in [6.45, 7) is 1.42. The molecule has 0 aliphatic heterocycles. The standard InChI is InChI=1S/C5H11BN2O/c7-3-1-2-4-8-5-6-9/h5H,1-4,7H2. The number of rotatable bonds is 5. The molecule has 0 saturated carbocycles. The Morgan fingerprint density at radius 1 is 1.56 bits per heavy atom. The Morgan fingerprint density at radius 3 is 2.89 bits per heavy atom. The summed E-state index contributed by atoms with van der Waals surface area (Å²) in [7, 11) is 0.683. The Kier molecular flexibility index (Phi) is 7.07. The van der Waals surface area contributed by atoms with Crippen LogP contribution in [-0.4, -0.2) is 26.4 Å². The van der Waals surface area contributed by atoms with Crippen LogP contribution in [0.2, 0.25) is 0 Å². The first-order valence-electron chi connectivity index (χ1n) is 3.05. The van der Waals surface area contributed by atoms with Gasteiger partial charge in [0.1, 0.15) is 0 Å². The number of unbranched alkanes of at least 4 members (excludes halogenated alkanes) is 1. The molecular formula is C5H11BN2O. The number of nitrogens with zero attached hydrogens (tertiary/aromatic N) is 1. The van der Waals surface area contributed by atoms with Crippen molar-refractivity contribution < 1.29 is 4.70 Å². The first-order valence-corrected chi connectivity index (χ1v) is 3.05. The molecule has 0 aromatic rings. The second-order valence-electron chi connectivity index (χ2n) is 1.69. The second kappa shape index (κ2) is 7.49. The van der Waals surface area contributed by atoms with Crippen LogP contribution in [0.3, 0.4) is 0 Å². The van der Waals surface area contributed by atoms with E-state index in [4.69, 9.17) is 5.73 Å². The summed E-state index contributed by atoms with van der Waals surface area (Å²) in [5.74, 6) is 0. The summed E-state index contributed by atoms with van der Waals surface area (Å²) < 4.78 is 9.66. The van der Waals surface area contributed by atoms with Gasteiger partial charge in [0.2, 0.25) is 0 Å². The normalized spacial score (nSPS) is 9.89. The van der Waals surface area contributed by atoms with E-state index in [1.807, 2.05) is 0 Å². The van der Waals surface area contributed by atoms with Gasteiger partial charge in [-0.3, -0.25) is 0 Å². The van der Waals surface area contributed by atoms with Crippen molar-refractivity contribution in [1.82, 2.24) is 0 Å². The van der Waals surface area contributed by atoms with Crippen LogP contribution in [0, 0.1) is 0 Å². The van der Waals surface area contributed by atoms with E-state index in [0.717, 1.165) is 19.4 Å². The Labute approximate surface area is 55.6 Å². The van der Waals surface area contributed by atoms with E-state index < -0.39 is 0 Å². The van der Waals surface area contributed by atoms with E-state index in [-0.39, 0.29) is 0 Å². The van der Waals surface area contributed by atoms with Crippen molar-refractivity contribution in [3.8, 4) is 0 Å². The average molecular weight is 126 g/mol. The van der Waals surface area contributed by atoms with Crippen LogP contribution >= 0.6 is 0 Å². The van der Waals surface area contributed by atoms with Gasteiger partial charge >= 0.3 is 54.6 Å². The third-order valence-corrected chi connectivity index (χ3v) is 0.908. The molecule has 0 aliphatic rings. The maximum atomic E-state index is 9.66. The number of nitrogens with two attached hydrogens (primary N) is 1. The minimum atomic E-state index is 0.683. The Bertz CT molecular complexity index is 95.0. The second-order valence-corrected chi connectivity index (χ2v) is 1.69. The first-order chi connectivity index (χ1) is 4.41. The molecule has 0 saturated heterocycles. The van der Waals surface area contributed by atoms with Crippen molar-refractivity contribution >= 4 is 13.3 Å². The maximum absolute atomic E-state index is 9.66. The summed E-state index contributed by atoms with van der Waals surface area (Å²) in [5.41, 5.74) is 5.22. The monoisotopic (exact) mass is 126 g/mol. The van der Waals surface area contributed by atoms with Crippen molar-refractivity contribution in [1.29, 1.82) is 0 Å². The first kappa shape index (κ1) is 8.49. The van der Waals surface area contributed by atoms with Crippen molar-refractivity contribution in [2.75, 3.05) is 13.1 Å². The van der Waals surface area contributed by atoms with Gasteiger partial charge in [-0.15, -0.1) is 0 Å². The molecular weight excluding hydrogens is 115 g/mol. The van der Waals surface area contributed by atoms with Crippen LogP contribution in [0.1, 0.15) is 12.8 Å². The molecule has 4 heteroatoms. The predicted molar refractivity (Wildman–Crippen MR) is 38.1 cm³/mol. The van der Waals surface area contributed by atoms with Gasteiger partial charge in [0, 0.05) is 0 Å². The zero-order valence-corrected chi connectivity index (χ0v) is 5.42. The van der Waals surface area contributed by atoms with Crippen LogP contribution in [0.5, 0.6) is 0 Å². The molecule has 50 valence electrons. The molecule has 0 aromatic heterocycles. The molecule has 0 aliphatic carbocycles. The van der Waals surface area contributed by atoms with E-state index in [2.05, 4.69) is 4.99 Å². The van der Waals surface area contributed by atoms with Crippen LogP contribution in [0.4, 0.5) is 0 Å². The van der Waals surface area contributed by atoms with E-state index in [1.54, 1.807) is 0 Å². The van der Waals surface area contributed by atoms with E-state index in [0.29, 0.717) is 13.7 Å². The molecule has 2 N–H and O–H groups in total. The predicted octanol–water partition coefficient (Wildman–Crippen LogP) is -0.197. The Hall–Kier alpha value is -0.505. The fourth-order valence-corrected chi connectivity index (χ4v) is 0.465. The summed E-state index contributed by atoms with van der Waals surface area (Å²) in [6, 6.07) is 0. The van der Waals surface area contributed by atoms with Crippen LogP contribution in [-0.2, 0) is 4.70 Å². The van der Waals surface area contributed by atoms with E-state index in [1.165, 1.54) is 6.11 Å². The van der Waals surface area contributed by atoms with Gasteiger partial charge in [0.25, 0.3) is 0 Å². The van der Waals surface area contributed by atoms with E-state index in [9.17, 15) is 4.70 Å². The molecule has 0 amide bonds. The molecule has 0 heterocycles. The number of hydrogen-bond donors (Lipinski definition) is 1. The quantitative estimate of drug-likeness (QED) is 0.315. The molecule has 0 radical (unpaired) electrons. The minimum absolute atomic E-state index is 0.683. The summed E-state index contributed by atoms with van der Waals surface area (Å²) in [5, 5.41) is 0. The summed E-state index contributed by atoms with van der Waals surface area (Å²) in [6.07, 6.45) is 3.23. The van der Waals surface area contributed by atoms with Crippen LogP contribution in [0.15, 0.2) is 4.99 Å². The third kappa shape index (κ3) is 7.49. The molecule has 0 unspecified atom stereocenters. The van der Waals surface area contributed by atoms with Crippen molar-refractivity contribution in [3.05, 3.63) is 0 Å². The van der Waals surface area contributed by atoms with Gasteiger partial charge in [0.05, 0.1) is 0 Å². The fraction of sp³-hybridized carbons (Fsp3) is 0.800. The van der Waals surface area contributed by atoms with Gasteiger partial charge in [-0.1, -0.05) is 0 Å². The van der Waals surface area contributed by atoms with Crippen LogP contribution < -0.4 is 5.73 Å². The summed E-state index contributed by atoms with van der Waals surface area (Å²) in [4.78, 5) is 3.78. The van der Waals surface area contributed by atoms with Crippen molar-refractivity contribution in [2.45, 2.75) is 12.8 Å². The molecule has 0 fully saturated rings. The van der Waals surface area contributed by atoms with Gasteiger partial charge in [-0.05, 0) is 0 Å². The number of hydrogen-bond acceptors (Lipinski definition) is 3. The molecule has 0 bridgehead atoms. The number of aliphatic imine (C=N–C) groups is 1. The topological polar surface area (TPSA) is 55.4 Å². The van der Waals surface area contributed by atoms with E-state index >= 15 is 0 Å². The van der Waals surface area contributed by atoms with Crippen molar-refractivity contribution in [3.63, 3.8) is 0 Å². The molecule has 0 rings (SSSR count). The van der Waals surface area contributed by atoms with Crippen molar-refractivity contribution in [2.24, 2.45) is 10.7 Å². The van der Waals surface area contributed by atoms with Crippen LogP contribution in [0.25, 0.3) is 0 Å². The molecule has 9 heavy (non-hydrogen) atoms. The molecule has 0 aromatic carbocycles. The molecule has 0 spiro atoms. The SMILES string of the molecule is NCCCCN=CB=O. The fourth-order valence-electron chi connectivity index (χ4n) is 0.465. The Morgan fingerprint density at radius 2 is 2.33 bits per heavy atom. The molecule has 0 atom stereocenters. The zero-order chi connectivity index (χ0) is 6.95.